The van der Waals surface area contributed by atoms with Gasteiger partial charge in [0.25, 0.3) is 11.9 Å². The van der Waals surface area contributed by atoms with Crippen LogP contribution in [0.4, 0.5) is 14.7 Å². The first-order chi connectivity index (χ1) is 18.8. The van der Waals surface area contributed by atoms with Crippen LogP contribution in [0.15, 0.2) is 35.2 Å². The van der Waals surface area contributed by atoms with Crippen molar-refractivity contribution >= 4 is 22.9 Å². The Hall–Kier alpha value is -3.93. The van der Waals surface area contributed by atoms with Crippen LogP contribution in [0, 0.1) is 11.6 Å². The molecule has 1 amide bonds. The number of aliphatic hydroxyl groups excluding tert-OH is 1. The lowest BCUT2D eigenvalue weighted by atomic mass is 10.0. The summed E-state index contributed by atoms with van der Waals surface area (Å²) in [4.78, 5) is 28.9. The molecule has 4 heterocycles. The number of rotatable bonds is 8. The molecule has 0 atom stereocenters. The molecular formula is C27H31F2N7O3. The Morgan fingerprint density at radius 2 is 1.97 bits per heavy atom. The van der Waals surface area contributed by atoms with Crippen LogP contribution in [-0.2, 0) is 6.42 Å². The normalized spacial score (nSPS) is 14.5. The van der Waals surface area contributed by atoms with Gasteiger partial charge < -0.3 is 24.0 Å². The Morgan fingerprint density at radius 1 is 1.21 bits per heavy atom. The van der Waals surface area contributed by atoms with E-state index in [1.54, 1.807) is 0 Å². The number of carbonyl (C=O) groups is 1. The van der Waals surface area contributed by atoms with E-state index in [2.05, 4.69) is 25.0 Å². The van der Waals surface area contributed by atoms with E-state index in [1.807, 2.05) is 18.4 Å². The van der Waals surface area contributed by atoms with E-state index >= 15 is 4.39 Å². The molecule has 12 heteroatoms. The molecule has 5 rings (SSSR count). The van der Waals surface area contributed by atoms with Crippen LogP contribution in [0.3, 0.4) is 0 Å². The summed E-state index contributed by atoms with van der Waals surface area (Å²) in [5, 5.41) is 13.4. The average molecular weight is 540 g/mol. The lowest BCUT2D eigenvalue weighted by molar-refractivity contribution is 0.0766. The highest BCUT2D eigenvalue weighted by molar-refractivity contribution is 5.94. The number of amides is 1. The summed E-state index contributed by atoms with van der Waals surface area (Å²) in [6.07, 6.45) is 4.34. The molecule has 1 aliphatic heterocycles. The number of fused-ring (bicyclic) bond motifs is 1. The molecular weight excluding hydrogens is 508 g/mol. The first kappa shape index (κ1) is 26.7. The van der Waals surface area contributed by atoms with E-state index in [1.165, 1.54) is 36.6 Å². The highest BCUT2D eigenvalue weighted by Gasteiger charge is 2.27. The molecule has 1 N–H and O–H groups in total. The van der Waals surface area contributed by atoms with Crippen molar-refractivity contribution in [3.8, 4) is 0 Å². The first-order valence-corrected chi connectivity index (χ1v) is 13.0. The molecule has 10 nitrogen and oxygen atoms in total. The van der Waals surface area contributed by atoms with E-state index in [4.69, 9.17) is 9.63 Å². The van der Waals surface area contributed by atoms with E-state index in [0.717, 1.165) is 18.9 Å². The number of benzene rings is 1. The molecule has 4 aromatic rings. The van der Waals surface area contributed by atoms with E-state index in [-0.39, 0.29) is 48.0 Å². The summed E-state index contributed by atoms with van der Waals surface area (Å²) < 4.78 is 37.4. The number of hydrogen-bond donors (Lipinski definition) is 1. The van der Waals surface area contributed by atoms with Gasteiger partial charge in [0.1, 0.15) is 17.8 Å². The summed E-state index contributed by atoms with van der Waals surface area (Å²) >= 11 is 0. The van der Waals surface area contributed by atoms with Gasteiger partial charge in [-0.1, -0.05) is 19.9 Å². The Balaban J connectivity index is 1.34. The number of hydrogen-bond acceptors (Lipinski definition) is 8. The lowest BCUT2D eigenvalue weighted by Crippen LogP contribution is -2.35. The standard InChI is InChI=1S/C27H31F2N7O3/c1-16(2)25-32-27(33-39-25)35-8-6-19(7-9-35)36-14-21(29)23-22(30-15-31-24(23)36)13-17-4-5-18(12-20(17)28)26(38)34(3)10-11-37/h4-5,12,14-16,19,37H,6-11,13H2,1-3H3. The van der Waals surface area contributed by atoms with Crippen molar-refractivity contribution in [2.45, 2.75) is 45.1 Å². The number of likely N-dealkylation sites (N-methyl/N-ethyl adjacent to an activating group) is 1. The smallest absolute Gasteiger partial charge is 0.266 e. The van der Waals surface area contributed by atoms with Crippen LogP contribution in [0.1, 0.15) is 66.2 Å². The summed E-state index contributed by atoms with van der Waals surface area (Å²) in [6.45, 7) is 5.32. The predicted octanol–water partition coefficient (Wildman–Crippen LogP) is 3.71. The molecule has 0 bridgehead atoms. The SMILES string of the molecule is CC(C)c1nc(N2CCC(n3cc(F)c4c(Cc5ccc(C(=O)N(C)CCO)cc5F)ncnc43)CC2)no1. The maximum atomic E-state index is 15.3. The van der Waals surface area contributed by atoms with Crippen molar-refractivity contribution in [1.29, 1.82) is 0 Å². The molecule has 39 heavy (non-hydrogen) atoms. The Bertz CT molecular complexity index is 1480. The molecule has 0 saturated carbocycles. The summed E-state index contributed by atoms with van der Waals surface area (Å²) in [6, 6.07) is 4.21. The minimum absolute atomic E-state index is 0.0189. The number of aromatic nitrogens is 5. The third-order valence-corrected chi connectivity index (χ3v) is 7.15. The fourth-order valence-corrected chi connectivity index (χ4v) is 4.92. The van der Waals surface area contributed by atoms with Gasteiger partial charge in [-0.05, 0) is 35.7 Å². The second kappa shape index (κ2) is 11.0. The zero-order valence-electron chi connectivity index (χ0n) is 22.1. The summed E-state index contributed by atoms with van der Waals surface area (Å²) in [5.41, 5.74) is 1.30. The molecule has 206 valence electrons. The van der Waals surface area contributed by atoms with Gasteiger partial charge in [0.15, 0.2) is 5.82 Å². The van der Waals surface area contributed by atoms with Crippen LogP contribution < -0.4 is 4.90 Å². The van der Waals surface area contributed by atoms with Crippen molar-refractivity contribution in [1.82, 2.24) is 29.6 Å². The number of piperidine rings is 1. The van der Waals surface area contributed by atoms with Crippen LogP contribution in [0.2, 0.25) is 0 Å². The quantitative estimate of drug-likeness (QED) is 0.361. The minimum atomic E-state index is -0.584. The second-order valence-electron chi connectivity index (χ2n) is 10.1. The lowest BCUT2D eigenvalue weighted by Gasteiger charge is -2.31. The van der Waals surface area contributed by atoms with Gasteiger partial charge in [0.05, 0.1) is 17.7 Å². The highest BCUT2D eigenvalue weighted by Crippen LogP contribution is 2.32. The predicted molar refractivity (Wildman–Crippen MR) is 140 cm³/mol. The fourth-order valence-electron chi connectivity index (χ4n) is 4.92. The minimum Gasteiger partial charge on any atom is -0.395 e. The molecule has 1 aromatic carbocycles. The number of aliphatic hydroxyl groups is 1. The molecule has 1 fully saturated rings. The van der Waals surface area contributed by atoms with E-state index in [9.17, 15) is 9.18 Å². The topological polar surface area (TPSA) is 113 Å². The van der Waals surface area contributed by atoms with Gasteiger partial charge in [-0.3, -0.25) is 4.79 Å². The maximum Gasteiger partial charge on any atom is 0.266 e. The molecule has 0 aliphatic carbocycles. The first-order valence-electron chi connectivity index (χ1n) is 13.0. The zero-order chi connectivity index (χ0) is 27.7. The van der Waals surface area contributed by atoms with Crippen molar-refractivity contribution in [2.24, 2.45) is 0 Å². The molecule has 0 radical (unpaired) electrons. The van der Waals surface area contributed by atoms with Crippen LogP contribution in [-0.4, -0.2) is 73.9 Å². The van der Waals surface area contributed by atoms with Gasteiger partial charge in [-0.2, -0.15) is 4.98 Å². The Kier molecular flexibility index (Phi) is 7.56. The molecule has 0 spiro atoms. The third-order valence-electron chi connectivity index (χ3n) is 7.15. The maximum absolute atomic E-state index is 15.3. The van der Waals surface area contributed by atoms with Crippen molar-refractivity contribution in [3.63, 3.8) is 0 Å². The van der Waals surface area contributed by atoms with Gasteiger partial charge in [-0.25, -0.2) is 18.7 Å². The van der Waals surface area contributed by atoms with Crippen molar-refractivity contribution in [2.75, 3.05) is 38.2 Å². The van der Waals surface area contributed by atoms with Crippen LogP contribution in [0.25, 0.3) is 11.0 Å². The largest absolute Gasteiger partial charge is 0.395 e. The van der Waals surface area contributed by atoms with Crippen molar-refractivity contribution < 1.29 is 23.2 Å². The average Bonchev–Trinajstić information content (AvgIpc) is 3.56. The Morgan fingerprint density at radius 3 is 2.64 bits per heavy atom. The molecule has 1 saturated heterocycles. The second-order valence-corrected chi connectivity index (χ2v) is 10.1. The molecule has 3 aromatic heterocycles. The van der Waals surface area contributed by atoms with E-state index in [0.29, 0.717) is 36.3 Å². The third kappa shape index (κ3) is 5.33. The number of carbonyl (C=O) groups excluding carboxylic acids is 1. The van der Waals surface area contributed by atoms with E-state index < -0.39 is 17.5 Å². The van der Waals surface area contributed by atoms with Crippen LogP contribution >= 0.6 is 0 Å². The number of halogens is 2. The number of anilines is 1. The van der Waals surface area contributed by atoms with Gasteiger partial charge in [0.2, 0.25) is 5.89 Å². The summed E-state index contributed by atoms with van der Waals surface area (Å²) in [5.74, 6) is -0.117. The monoisotopic (exact) mass is 539 g/mol. The number of nitrogens with zero attached hydrogens (tertiary/aromatic N) is 7. The summed E-state index contributed by atoms with van der Waals surface area (Å²) in [7, 11) is 1.53. The molecule has 1 aliphatic rings. The van der Waals surface area contributed by atoms with Crippen LogP contribution in [0.5, 0.6) is 0 Å². The van der Waals surface area contributed by atoms with Gasteiger partial charge >= 0.3 is 0 Å². The highest BCUT2D eigenvalue weighted by atomic mass is 19.1. The van der Waals surface area contributed by atoms with Crippen molar-refractivity contribution in [3.05, 3.63) is 65.1 Å². The van der Waals surface area contributed by atoms with Gasteiger partial charge in [-0.15, -0.1) is 0 Å². The van der Waals surface area contributed by atoms with Gasteiger partial charge in [0, 0.05) is 56.8 Å². The fraction of sp³-hybridized carbons (Fsp3) is 0.444. The molecule has 0 unspecified atom stereocenters. The zero-order valence-corrected chi connectivity index (χ0v) is 22.1. The Labute approximate surface area is 224 Å².